The Labute approximate surface area is 116 Å². The summed E-state index contributed by atoms with van der Waals surface area (Å²) in [7, 11) is -3.35. The van der Waals surface area contributed by atoms with Crippen LogP contribution in [0.25, 0.3) is 0 Å². The molecule has 0 radical (unpaired) electrons. The van der Waals surface area contributed by atoms with Crippen LogP contribution in [-0.2, 0) is 10.0 Å². The number of hydrogen-bond donors (Lipinski definition) is 1. The van der Waals surface area contributed by atoms with Gasteiger partial charge in [-0.25, -0.2) is 13.1 Å². The van der Waals surface area contributed by atoms with Gasteiger partial charge in [0.1, 0.15) is 0 Å². The third kappa shape index (κ3) is 3.80. The van der Waals surface area contributed by atoms with Crippen molar-refractivity contribution in [2.45, 2.75) is 62.8 Å². The Bertz CT molecular complexity index is 499. The van der Waals surface area contributed by atoms with Crippen LogP contribution in [0.15, 0.2) is 29.2 Å². The van der Waals surface area contributed by atoms with Crippen LogP contribution in [0.5, 0.6) is 0 Å². The predicted octanol–water partition coefficient (Wildman–Crippen LogP) is 3.42. The molecule has 3 nitrogen and oxygen atoms in total. The fourth-order valence-electron chi connectivity index (χ4n) is 2.54. The summed E-state index contributed by atoms with van der Waals surface area (Å²) < 4.78 is 27.4. The van der Waals surface area contributed by atoms with Gasteiger partial charge in [0.2, 0.25) is 10.0 Å². The third-order valence-electron chi connectivity index (χ3n) is 3.78. The molecule has 1 aliphatic rings. The molecule has 1 aliphatic carbocycles. The summed E-state index contributed by atoms with van der Waals surface area (Å²) >= 11 is 0. The molecule has 0 atom stereocenters. The second kappa shape index (κ2) is 6.06. The highest BCUT2D eigenvalue weighted by Gasteiger charge is 2.21. The average molecular weight is 281 g/mol. The molecular formula is C15H23NO2S. The number of hydrogen-bond acceptors (Lipinski definition) is 2. The van der Waals surface area contributed by atoms with Gasteiger partial charge in [0, 0.05) is 6.04 Å². The lowest BCUT2D eigenvalue weighted by Crippen LogP contribution is -2.36. The molecule has 4 heteroatoms. The Hall–Kier alpha value is -0.870. The minimum atomic E-state index is -3.35. The van der Waals surface area contributed by atoms with Crippen molar-refractivity contribution in [3.8, 4) is 0 Å². The molecule has 1 saturated carbocycles. The van der Waals surface area contributed by atoms with Crippen LogP contribution in [0.1, 0.15) is 57.4 Å². The SMILES string of the molecule is CC(C)c1ccc(S(=O)(=O)NC2CCCCC2)cc1. The van der Waals surface area contributed by atoms with E-state index in [1.54, 1.807) is 12.1 Å². The molecule has 19 heavy (non-hydrogen) atoms. The first-order valence-electron chi connectivity index (χ1n) is 7.11. The number of benzene rings is 1. The molecule has 0 amide bonds. The number of nitrogens with one attached hydrogen (secondary N) is 1. The van der Waals surface area contributed by atoms with Crippen LogP contribution in [0, 0.1) is 0 Å². The zero-order valence-corrected chi connectivity index (χ0v) is 12.5. The maximum atomic E-state index is 12.3. The van der Waals surface area contributed by atoms with Crippen LogP contribution >= 0.6 is 0 Å². The molecule has 0 aliphatic heterocycles. The Balaban J connectivity index is 2.10. The lowest BCUT2D eigenvalue weighted by molar-refractivity contribution is 0.412. The molecule has 1 fully saturated rings. The molecule has 2 rings (SSSR count). The maximum Gasteiger partial charge on any atom is 0.240 e. The molecule has 1 N–H and O–H groups in total. The van der Waals surface area contributed by atoms with Crippen molar-refractivity contribution in [1.29, 1.82) is 0 Å². The summed E-state index contributed by atoms with van der Waals surface area (Å²) in [6.45, 7) is 4.20. The largest absolute Gasteiger partial charge is 0.240 e. The standard InChI is InChI=1S/C15H23NO2S/c1-12(2)13-8-10-15(11-9-13)19(17,18)16-14-6-4-3-5-7-14/h8-12,14,16H,3-7H2,1-2H3. The molecule has 106 valence electrons. The Morgan fingerprint density at radius 2 is 1.63 bits per heavy atom. The summed E-state index contributed by atoms with van der Waals surface area (Å²) in [6.07, 6.45) is 5.40. The van der Waals surface area contributed by atoms with E-state index in [1.165, 1.54) is 6.42 Å². The summed E-state index contributed by atoms with van der Waals surface area (Å²) in [5, 5.41) is 0. The monoisotopic (exact) mass is 281 g/mol. The Morgan fingerprint density at radius 1 is 1.05 bits per heavy atom. The molecular weight excluding hydrogens is 258 g/mol. The van der Waals surface area contributed by atoms with E-state index in [0.29, 0.717) is 10.8 Å². The highest BCUT2D eigenvalue weighted by Crippen LogP contribution is 2.21. The second-order valence-corrected chi connectivity index (χ2v) is 7.39. The van der Waals surface area contributed by atoms with Gasteiger partial charge in [-0.1, -0.05) is 45.2 Å². The highest BCUT2D eigenvalue weighted by atomic mass is 32.2. The Morgan fingerprint density at radius 3 is 2.16 bits per heavy atom. The number of sulfonamides is 1. The smallest absolute Gasteiger partial charge is 0.208 e. The molecule has 1 aromatic carbocycles. The normalized spacial score (nSPS) is 17.8. The molecule has 0 heterocycles. The van der Waals surface area contributed by atoms with Gasteiger partial charge in [-0.15, -0.1) is 0 Å². The summed E-state index contributed by atoms with van der Waals surface area (Å²) in [6, 6.07) is 7.34. The van der Waals surface area contributed by atoms with Crippen molar-refractivity contribution in [2.75, 3.05) is 0 Å². The molecule has 0 aromatic heterocycles. The third-order valence-corrected chi connectivity index (χ3v) is 5.32. The van der Waals surface area contributed by atoms with E-state index in [2.05, 4.69) is 18.6 Å². The van der Waals surface area contributed by atoms with E-state index in [9.17, 15) is 8.42 Å². The van der Waals surface area contributed by atoms with Crippen LogP contribution in [0.4, 0.5) is 0 Å². The topological polar surface area (TPSA) is 46.2 Å². The fourth-order valence-corrected chi connectivity index (χ4v) is 3.84. The van der Waals surface area contributed by atoms with Crippen molar-refractivity contribution < 1.29 is 8.42 Å². The van der Waals surface area contributed by atoms with Crippen molar-refractivity contribution in [3.05, 3.63) is 29.8 Å². The zero-order valence-electron chi connectivity index (χ0n) is 11.7. The van der Waals surface area contributed by atoms with Crippen molar-refractivity contribution in [1.82, 2.24) is 4.72 Å². The van der Waals surface area contributed by atoms with Crippen molar-refractivity contribution in [2.24, 2.45) is 0 Å². The predicted molar refractivity (Wildman–Crippen MR) is 77.7 cm³/mol. The van der Waals surface area contributed by atoms with Crippen LogP contribution in [0.3, 0.4) is 0 Å². The highest BCUT2D eigenvalue weighted by molar-refractivity contribution is 7.89. The first-order valence-corrected chi connectivity index (χ1v) is 8.59. The summed E-state index contributed by atoms with van der Waals surface area (Å²) in [5.41, 5.74) is 1.16. The van der Waals surface area contributed by atoms with Gasteiger partial charge >= 0.3 is 0 Å². The first-order chi connectivity index (χ1) is 8.99. The van der Waals surface area contributed by atoms with E-state index < -0.39 is 10.0 Å². The van der Waals surface area contributed by atoms with Crippen LogP contribution in [0.2, 0.25) is 0 Å². The number of rotatable bonds is 4. The van der Waals surface area contributed by atoms with Gasteiger partial charge in [-0.05, 0) is 36.5 Å². The fraction of sp³-hybridized carbons (Fsp3) is 0.600. The second-order valence-electron chi connectivity index (χ2n) is 5.68. The maximum absolute atomic E-state index is 12.3. The van der Waals surface area contributed by atoms with Crippen molar-refractivity contribution in [3.63, 3.8) is 0 Å². The lowest BCUT2D eigenvalue weighted by atomic mass is 9.96. The van der Waals surface area contributed by atoms with Gasteiger partial charge < -0.3 is 0 Å². The summed E-state index contributed by atoms with van der Waals surface area (Å²) in [5.74, 6) is 0.419. The zero-order chi connectivity index (χ0) is 13.9. The van der Waals surface area contributed by atoms with E-state index in [1.807, 2.05) is 12.1 Å². The van der Waals surface area contributed by atoms with Gasteiger partial charge in [-0.2, -0.15) is 0 Å². The lowest BCUT2D eigenvalue weighted by Gasteiger charge is -2.22. The van der Waals surface area contributed by atoms with Gasteiger partial charge in [0.25, 0.3) is 0 Å². The van der Waals surface area contributed by atoms with Gasteiger partial charge in [0.15, 0.2) is 0 Å². The molecule has 0 spiro atoms. The van der Waals surface area contributed by atoms with Crippen LogP contribution < -0.4 is 4.72 Å². The Kier molecular flexibility index (Phi) is 4.63. The minimum Gasteiger partial charge on any atom is -0.208 e. The molecule has 0 bridgehead atoms. The van der Waals surface area contributed by atoms with Gasteiger partial charge in [-0.3, -0.25) is 0 Å². The van der Waals surface area contributed by atoms with Gasteiger partial charge in [0.05, 0.1) is 4.90 Å². The summed E-state index contributed by atoms with van der Waals surface area (Å²) in [4.78, 5) is 0.377. The van der Waals surface area contributed by atoms with E-state index in [0.717, 1.165) is 31.2 Å². The van der Waals surface area contributed by atoms with Crippen molar-refractivity contribution >= 4 is 10.0 Å². The van der Waals surface area contributed by atoms with E-state index in [4.69, 9.17) is 0 Å². The van der Waals surface area contributed by atoms with E-state index >= 15 is 0 Å². The minimum absolute atomic E-state index is 0.114. The van der Waals surface area contributed by atoms with E-state index in [-0.39, 0.29) is 6.04 Å². The molecule has 1 aromatic rings. The average Bonchev–Trinajstić information content (AvgIpc) is 2.39. The first kappa shape index (κ1) is 14.5. The quantitative estimate of drug-likeness (QED) is 0.919. The van der Waals surface area contributed by atoms with Crippen LogP contribution in [-0.4, -0.2) is 14.5 Å². The molecule has 0 unspecified atom stereocenters. The molecule has 0 saturated heterocycles.